The molecule has 5 nitrogen and oxygen atoms in total. The van der Waals surface area contributed by atoms with Crippen LogP contribution in [0.2, 0.25) is 0 Å². The summed E-state index contributed by atoms with van der Waals surface area (Å²) < 4.78 is 5.09. The Bertz CT molecular complexity index is 561. The van der Waals surface area contributed by atoms with Crippen molar-refractivity contribution < 1.29 is 9.21 Å². The summed E-state index contributed by atoms with van der Waals surface area (Å²) in [5.74, 6) is 1.00. The van der Waals surface area contributed by atoms with E-state index in [0.717, 1.165) is 5.69 Å². The second-order valence-corrected chi connectivity index (χ2v) is 5.32. The molecule has 2 aromatic heterocycles. The summed E-state index contributed by atoms with van der Waals surface area (Å²) in [7, 11) is 0. The Labute approximate surface area is 106 Å². The average molecular weight is 247 g/mol. The largest absolute Gasteiger partial charge is 0.469 e. The van der Waals surface area contributed by atoms with Crippen LogP contribution in [-0.4, -0.2) is 16.1 Å². The van der Waals surface area contributed by atoms with E-state index in [4.69, 9.17) is 4.42 Å². The number of amides is 1. The maximum Gasteiger partial charge on any atom is 0.260 e. The van der Waals surface area contributed by atoms with Gasteiger partial charge in [-0.15, -0.1) is 0 Å². The number of nitrogens with one attached hydrogen (secondary N) is 2. The summed E-state index contributed by atoms with van der Waals surface area (Å²) >= 11 is 0. The van der Waals surface area contributed by atoms with Gasteiger partial charge >= 0.3 is 0 Å². The van der Waals surface area contributed by atoms with Crippen LogP contribution in [0.3, 0.4) is 0 Å². The summed E-state index contributed by atoms with van der Waals surface area (Å²) in [6, 6.07) is 3.53. The fourth-order valence-corrected chi connectivity index (χ4v) is 1.52. The minimum atomic E-state index is -0.223. The molecule has 0 bridgehead atoms. The molecule has 18 heavy (non-hydrogen) atoms. The van der Waals surface area contributed by atoms with Crippen LogP contribution in [0, 0.1) is 6.92 Å². The number of carbonyl (C=O) groups is 1. The highest BCUT2D eigenvalue weighted by molar-refractivity contribution is 6.03. The van der Waals surface area contributed by atoms with Crippen molar-refractivity contribution in [2.24, 2.45) is 0 Å². The molecule has 96 valence electrons. The molecule has 0 aliphatic rings. The Balaban J connectivity index is 2.10. The molecule has 2 N–H and O–H groups in total. The maximum absolute atomic E-state index is 11.9. The fourth-order valence-electron chi connectivity index (χ4n) is 1.52. The summed E-state index contributed by atoms with van der Waals surface area (Å²) in [4.78, 5) is 11.9. The SMILES string of the molecule is Cc1cc(C(=O)Nc2cc(C(C)(C)C)[nH]n2)co1. The molecule has 0 unspecified atom stereocenters. The second-order valence-electron chi connectivity index (χ2n) is 5.32. The molecule has 0 saturated carbocycles. The molecule has 2 rings (SSSR count). The lowest BCUT2D eigenvalue weighted by molar-refractivity contribution is 0.102. The Hall–Kier alpha value is -2.04. The lowest BCUT2D eigenvalue weighted by Gasteiger charge is -2.14. The van der Waals surface area contributed by atoms with Crippen molar-refractivity contribution in [3.8, 4) is 0 Å². The van der Waals surface area contributed by atoms with Gasteiger partial charge in [0.1, 0.15) is 12.0 Å². The first-order valence-electron chi connectivity index (χ1n) is 5.78. The first-order valence-corrected chi connectivity index (χ1v) is 5.78. The maximum atomic E-state index is 11.9. The van der Waals surface area contributed by atoms with Crippen LogP contribution in [0.1, 0.15) is 42.6 Å². The lowest BCUT2D eigenvalue weighted by atomic mass is 9.92. The Morgan fingerprint density at radius 1 is 1.39 bits per heavy atom. The normalized spacial score (nSPS) is 11.6. The number of aromatic amines is 1. The van der Waals surface area contributed by atoms with Gasteiger partial charge in [-0.3, -0.25) is 9.89 Å². The first kappa shape index (κ1) is 12.4. The highest BCUT2D eigenvalue weighted by Crippen LogP contribution is 2.22. The van der Waals surface area contributed by atoms with E-state index in [0.29, 0.717) is 17.1 Å². The van der Waals surface area contributed by atoms with E-state index >= 15 is 0 Å². The van der Waals surface area contributed by atoms with Crippen molar-refractivity contribution >= 4 is 11.7 Å². The minimum absolute atomic E-state index is 0.0256. The van der Waals surface area contributed by atoms with Gasteiger partial charge < -0.3 is 9.73 Å². The standard InChI is InChI=1S/C13H17N3O2/c1-8-5-9(7-18-8)12(17)14-11-6-10(15-16-11)13(2,3)4/h5-7H,1-4H3,(H2,14,15,16,17). The number of aromatic nitrogens is 2. The third-order valence-corrected chi connectivity index (χ3v) is 2.62. The molecule has 0 fully saturated rings. The van der Waals surface area contributed by atoms with Gasteiger partial charge in [-0.2, -0.15) is 5.10 Å². The van der Waals surface area contributed by atoms with E-state index in [2.05, 4.69) is 36.3 Å². The topological polar surface area (TPSA) is 70.9 Å². The molecule has 0 aliphatic heterocycles. The van der Waals surface area contributed by atoms with E-state index in [-0.39, 0.29) is 11.3 Å². The zero-order valence-electron chi connectivity index (χ0n) is 11.0. The quantitative estimate of drug-likeness (QED) is 0.857. The van der Waals surface area contributed by atoms with Crippen LogP contribution in [0.4, 0.5) is 5.82 Å². The van der Waals surface area contributed by atoms with Crippen molar-refractivity contribution in [1.29, 1.82) is 0 Å². The number of nitrogens with zero attached hydrogens (tertiary/aromatic N) is 1. The third kappa shape index (κ3) is 2.61. The van der Waals surface area contributed by atoms with Gasteiger partial charge in [0.15, 0.2) is 5.82 Å². The Morgan fingerprint density at radius 2 is 2.11 bits per heavy atom. The number of carbonyl (C=O) groups excluding carboxylic acids is 1. The molecule has 2 aromatic rings. The number of aryl methyl sites for hydroxylation is 1. The molecule has 5 heteroatoms. The fraction of sp³-hybridized carbons (Fsp3) is 0.385. The number of H-pyrrole nitrogens is 1. The smallest absolute Gasteiger partial charge is 0.260 e. The molecular weight excluding hydrogens is 230 g/mol. The molecule has 0 spiro atoms. The van der Waals surface area contributed by atoms with Crippen molar-refractivity contribution in [2.75, 3.05) is 5.32 Å². The van der Waals surface area contributed by atoms with E-state index < -0.39 is 0 Å². The monoisotopic (exact) mass is 247 g/mol. The van der Waals surface area contributed by atoms with Crippen LogP contribution in [-0.2, 0) is 5.41 Å². The van der Waals surface area contributed by atoms with Crippen LogP contribution in [0.5, 0.6) is 0 Å². The van der Waals surface area contributed by atoms with E-state index in [1.54, 1.807) is 13.0 Å². The molecule has 0 aliphatic carbocycles. The van der Waals surface area contributed by atoms with Crippen molar-refractivity contribution in [3.63, 3.8) is 0 Å². The van der Waals surface area contributed by atoms with Gasteiger partial charge in [0.25, 0.3) is 5.91 Å². The van der Waals surface area contributed by atoms with Gasteiger partial charge in [-0.1, -0.05) is 20.8 Å². The predicted octanol–water partition coefficient (Wildman–Crippen LogP) is 2.86. The highest BCUT2D eigenvalue weighted by Gasteiger charge is 2.18. The van der Waals surface area contributed by atoms with Crippen LogP contribution in [0.15, 0.2) is 22.8 Å². The summed E-state index contributed by atoms with van der Waals surface area (Å²) in [6.45, 7) is 8.02. The highest BCUT2D eigenvalue weighted by atomic mass is 16.3. The Morgan fingerprint density at radius 3 is 2.61 bits per heavy atom. The molecule has 2 heterocycles. The average Bonchev–Trinajstić information content (AvgIpc) is 2.85. The molecule has 0 aromatic carbocycles. The van der Waals surface area contributed by atoms with Gasteiger partial charge in [-0.25, -0.2) is 0 Å². The van der Waals surface area contributed by atoms with Crippen molar-refractivity contribution in [2.45, 2.75) is 33.1 Å². The Kier molecular flexibility index (Phi) is 2.98. The minimum Gasteiger partial charge on any atom is -0.469 e. The summed E-state index contributed by atoms with van der Waals surface area (Å²) in [5.41, 5.74) is 1.44. The van der Waals surface area contributed by atoms with Gasteiger partial charge in [-0.05, 0) is 13.0 Å². The van der Waals surface area contributed by atoms with E-state index in [1.165, 1.54) is 6.26 Å². The molecule has 0 saturated heterocycles. The van der Waals surface area contributed by atoms with Gasteiger partial charge in [0.05, 0.1) is 5.56 Å². The molecular formula is C13H17N3O2. The number of hydrogen-bond donors (Lipinski definition) is 2. The van der Waals surface area contributed by atoms with Crippen molar-refractivity contribution in [3.05, 3.63) is 35.4 Å². The van der Waals surface area contributed by atoms with Gasteiger partial charge in [0.2, 0.25) is 0 Å². The molecule has 1 amide bonds. The zero-order valence-corrected chi connectivity index (χ0v) is 11.0. The number of hydrogen-bond acceptors (Lipinski definition) is 3. The zero-order chi connectivity index (χ0) is 13.3. The number of rotatable bonds is 2. The summed E-state index contributed by atoms with van der Waals surface area (Å²) in [6.07, 6.45) is 1.43. The van der Waals surface area contributed by atoms with E-state index in [9.17, 15) is 4.79 Å². The van der Waals surface area contributed by atoms with E-state index in [1.807, 2.05) is 6.07 Å². The van der Waals surface area contributed by atoms with Crippen molar-refractivity contribution in [1.82, 2.24) is 10.2 Å². The van der Waals surface area contributed by atoms with Crippen LogP contribution < -0.4 is 5.32 Å². The number of anilines is 1. The molecule has 0 radical (unpaired) electrons. The second kappa shape index (κ2) is 4.33. The predicted molar refractivity (Wildman–Crippen MR) is 68.7 cm³/mol. The van der Waals surface area contributed by atoms with Crippen LogP contribution in [0.25, 0.3) is 0 Å². The third-order valence-electron chi connectivity index (χ3n) is 2.62. The number of furan rings is 1. The summed E-state index contributed by atoms with van der Waals surface area (Å²) in [5, 5.41) is 9.71. The lowest BCUT2D eigenvalue weighted by Crippen LogP contribution is -2.12. The first-order chi connectivity index (χ1) is 8.36. The van der Waals surface area contributed by atoms with Gasteiger partial charge in [0, 0.05) is 17.2 Å². The van der Waals surface area contributed by atoms with Crippen LogP contribution >= 0.6 is 0 Å². The molecule has 0 atom stereocenters.